The fraction of sp³-hybridized carbons (Fsp3) is 0.643. The van der Waals surface area contributed by atoms with Crippen molar-refractivity contribution in [1.82, 2.24) is 4.90 Å². The van der Waals surface area contributed by atoms with Crippen molar-refractivity contribution in [2.75, 3.05) is 19.7 Å². The smallest absolute Gasteiger partial charge is 0.374 e. The molecular formula is C14H23NO4. The molecule has 0 saturated heterocycles. The normalized spacial score (nSPS) is 11.9. The highest BCUT2D eigenvalue weighted by atomic mass is 16.5. The molecule has 0 atom stereocenters. The van der Waals surface area contributed by atoms with Crippen molar-refractivity contribution in [1.29, 1.82) is 0 Å². The number of carbonyl (C=O) groups is 1. The van der Waals surface area contributed by atoms with Gasteiger partial charge in [-0.3, -0.25) is 4.90 Å². The molecule has 1 rings (SSSR count). The predicted octanol–water partition coefficient (Wildman–Crippen LogP) is 2.05. The Kier molecular flexibility index (Phi) is 5.57. The van der Waals surface area contributed by atoms with E-state index in [1.54, 1.807) is 32.9 Å². The van der Waals surface area contributed by atoms with E-state index >= 15 is 0 Å². The Hall–Kier alpha value is -1.33. The summed E-state index contributed by atoms with van der Waals surface area (Å²) >= 11 is 0. The van der Waals surface area contributed by atoms with Gasteiger partial charge in [0, 0.05) is 6.54 Å². The summed E-state index contributed by atoms with van der Waals surface area (Å²) in [6.45, 7) is 9.52. The molecular weight excluding hydrogens is 246 g/mol. The molecule has 5 nitrogen and oxygen atoms in total. The van der Waals surface area contributed by atoms with Gasteiger partial charge in [-0.05, 0) is 39.4 Å². The Balaban J connectivity index is 2.63. The number of hydrogen-bond donors (Lipinski definition) is 1. The topological polar surface area (TPSA) is 62.9 Å². The highest BCUT2D eigenvalue weighted by Gasteiger charge is 2.19. The first kappa shape index (κ1) is 15.7. The summed E-state index contributed by atoms with van der Waals surface area (Å²) in [5.74, 6) is 0.463. The third-order valence-electron chi connectivity index (χ3n) is 2.58. The van der Waals surface area contributed by atoms with Crippen LogP contribution in [0.4, 0.5) is 0 Å². The van der Waals surface area contributed by atoms with Crippen LogP contribution in [0.15, 0.2) is 16.5 Å². The third kappa shape index (κ3) is 5.44. The van der Waals surface area contributed by atoms with Crippen molar-refractivity contribution in [3.05, 3.63) is 23.7 Å². The van der Waals surface area contributed by atoms with Gasteiger partial charge in [0.1, 0.15) is 5.76 Å². The van der Waals surface area contributed by atoms with Gasteiger partial charge in [-0.25, -0.2) is 4.79 Å². The molecule has 108 valence electrons. The van der Waals surface area contributed by atoms with Gasteiger partial charge >= 0.3 is 5.97 Å². The van der Waals surface area contributed by atoms with Gasteiger partial charge in [0.15, 0.2) is 0 Å². The molecule has 0 radical (unpaired) electrons. The van der Waals surface area contributed by atoms with Crippen molar-refractivity contribution in [3.8, 4) is 0 Å². The number of aliphatic hydroxyl groups is 1. The Morgan fingerprint density at radius 2 is 2.11 bits per heavy atom. The van der Waals surface area contributed by atoms with E-state index in [0.29, 0.717) is 25.5 Å². The third-order valence-corrected chi connectivity index (χ3v) is 2.58. The van der Waals surface area contributed by atoms with Crippen LogP contribution in [0.1, 0.15) is 44.0 Å². The van der Waals surface area contributed by atoms with Crippen molar-refractivity contribution >= 4 is 5.97 Å². The quantitative estimate of drug-likeness (QED) is 0.768. The first-order valence-corrected chi connectivity index (χ1v) is 6.56. The average molecular weight is 269 g/mol. The van der Waals surface area contributed by atoms with Crippen molar-refractivity contribution in [2.45, 2.75) is 39.8 Å². The number of ether oxygens (including phenoxy) is 1. The lowest BCUT2D eigenvalue weighted by Gasteiger charge is -2.27. The fourth-order valence-electron chi connectivity index (χ4n) is 1.82. The van der Waals surface area contributed by atoms with Gasteiger partial charge in [-0.1, -0.05) is 6.92 Å². The lowest BCUT2D eigenvalue weighted by atomic mass is 10.1. The van der Waals surface area contributed by atoms with Crippen LogP contribution < -0.4 is 0 Å². The second-order valence-electron chi connectivity index (χ2n) is 5.10. The highest BCUT2D eigenvalue weighted by molar-refractivity contribution is 5.86. The van der Waals surface area contributed by atoms with Crippen LogP contribution >= 0.6 is 0 Å². The SMILES string of the molecule is CCOC(=O)c1ccc(CN(CC)CC(C)(C)O)o1. The summed E-state index contributed by atoms with van der Waals surface area (Å²) in [5.41, 5.74) is -0.757. The van der Waals surface area contributed by atoms with Crippen LogP contribution in [0.2, 0.25) is 0 Å². The first-order valence-electron chi connectivity index (χ1n) is 6.56. The van der Waals surface area contributed by atoms with E-state index in [9.17, 15) is 9.90 Å². The van der Waals surface area contributed by atoms with Gasteiger partial charge in [0.05, 0.1) is 18.8 Å². The summed E-state index contributed by atoms with van der Waals surface area (Å²) in [6.07, 6.45) is 0. The second-order valence-corrected chi connectivity index (χ2v) is 5.10. The second kappa shape index (κ2) is 6.73. The molecule has 0 aliphatic carbocycles. The molecule has 0 aliphatic heterocycles. The van der Waals surface area contributed by atoms with Crippen LogP contribution in [0.3, 0.4) is 0 Å². The highest BCUT2D eigenvalue weighted by Crippen LogP contribution is 2.14. The van der Waals surface area contributed by atoms with Gasteiger partial charge in [-0.15, -0.1) is 0 Å². The number of rotatable bonds is 7. The number of carbonyl (C=O) groups excluding carboxylic acids is 1. The Bertz CT molecular complexity index is 406. The van der Waals surface area contributed by atoms with Crippen molar-refractivity contribution in [3.63, 3.8) is 0 Å². The van der Waals surface area contributed by atoms with Gasteiger partial charge in [0.25, 0.3) is 0 Å². The molecule has 0 amide bonds. The summed E-state index contributed by atoms with van der Waals surface area (Å²) in [6, 6.07) is 3.38. The molecule has 0 aliphatic rings. The van der Waals surface area contributed by atoms with Crippen LogP contribution in [0.5, 0.6) is 0 Å². The zero-order valence-electron chi connectivity index (χ0n) is 12.1. The molecule has 1 heterocycles. The van der Waals surface area contributed by atoms with E-state index < -0.39 is 11.6 Å². The minimum atomic E-state index is -0.757. The molecule has 0 spiro atoms. The largest absolute Gasteiger partial charge is 0.460 e. The van der Waals surface area contributed by atoms with E-state index in [1.807, 2.05) is 11.8 Å². The maximum atomic E-state index is 11.5. The van der Waals surface area contributed by atoms with E-state index in [4.69, 9.17) is 9.15 Å². The molecule has 1 aromatic heterocycles. The number of esters is 1. The molecule has 1 aromatic rings. The molecule has 0 bridgehead atoms. The van der Waals surface area contributed by atoms with E-state index in [2.05, 4.69) is 0 Å². The lowest BCUT2D eigenvalue weighted by Crippen LogP contribution is -2.38. The maximum absolute atomic E-state index is 11.5. The minimum absolute atomic E-state index is 0.219. The minimum Gasteiger partial charge on any atom is -0.460 e. The number of nitrogens with zero attached hydrogens (tertiary/aromatic N) is 1. The first-order chi connectivity index (χ1) is 8.85. The molecule has 0 aromatic carbocycles. The van der Waals surface area contributed by atoms with Crippen LogP contribution in [-0.2, 0) is 11.3 Å². The van der Waals surface area contributed by atoms with E-state index in [1.165, 1.54) is 0 Å². The standard InChI is InChI=1S/C14H23NO4/c1-5-15(10-14(3,4)17)9-11-7-8-12(19-11)13(16)18-6-2/h7-8,17H,5-6,9-10H2,1-4H3. The van der Waals surface area contributed by atoms with Crippen LogP contribution in [0.25, 0.3) is 0 Å². The van der Waals surface area contributed by atoms with Crippen molar-refractivity contribution < 1.29 is 19.1 Å². The van der Waals surface area contributed by atoms with Gasteiger partial charge < -0.3 is 14.3 Å². The summed E-state index contributed by atoms with van der Waals surface area (Å²) in [4.78, 5) is 13.5. The molecule has 0 fully saturated rings. The zero-order valence-corrected chi connectivity index (χ0v) is 12.1. The summed E-state index contributed by atoms with van der Waals surface area (Å²) < 4.78 is 10.3. The molecule has 5 heteroatoms. The molecule has 0 saturated carbocycles. The fourth-order valence-corrected chi connectivity index (χ4v) is 1.82. The Labute approximate surface area is 114 Å². The monoisotopic (exact) mass is 269 g/mol. The summed E-state index contributed by atoms with van der Waals surface area (Å²) in [5, 5.41) is 9.81. The molecule has 19 heavy (non-hydrogen) atoms. The Morgan fingerprint density at radius 1 is 1.42 bits per heavy atom. The number of hydrogen-bond acceptors (Lipinski definition) is 5. The maximum Gasteiger partial charge on any atom is 0.374 e. The lowest BCUT2D eigenvalue weighted by molar-refractivity contribution is 0.0324. The van der Waals surface area contributed by atoms with Crippen molar-refractivity contribution in [2.24, 2.45) is 0 Å². The Morgan fingerprint density at radius 3 is 2.63 bits per heavy atom. The number of furan rings is 1. The van der Waals surface area contributed by atoms with Crippen LogP contribution in [0, 0.1) is 0 Å². The molecule has 0 unspecified atom stereocenters. The zero-order chi connectivity index (χ0) is 14.5. The van der Waals surface area contributed by atoms with Gasteiger partial charge in [0.2, 0.25) is 5.76 Å². The molecule has 1 N–H and O–H groups in total. The van der Waals surface area contributed by atoms with E-state index in [-0.39, 0.29) is 5.76 Å². The van der Waals surface area contributed by atoms with Crippen LogP contribution in [-0.4, -0.2) is 41.3 Å². The predicted molar refractivity (Wildman–Crippen MR) is 71.9 cm³/mol. The van der Waals surface area contributed by atoms with E-state index in [0.717, 1.165) is 6.54 Å². The number of likely N-dealkylation sites (N-methyl/N-ethyl adjacent to an activating group) is 1. The average Bonchev–Trinajstić information content (AvgIpc) is 2.75. The summed E-state index contributed by atoms with van der Waals surface area (Å²) in [7, 11) is 0. The van der Waals surface area contributed by atoms with Gasteiger partial charge in [-0.2, -0.15) is 0 Å².